The number of fused-ring (bicyclic) bond motifs is 1. The summed E-state index contributed by atoms with van der Waals surface area (Å²) in [6, 6.07) is 13.4. The second kappa shape index (κ2) is 11.1. The molecule has 1 fully saturated rings. The van der Waals surface area contributed by atoms with Crippen LogP contribution in [-0.2, 0) is 16.1 Å². The molecule has 0 aliphatic carbocycles. The zero-order valence-corrected chi connectivity index (χ0v) is 20.9. The molecule has 1 aliphatic rings. The van der Waals surface area contributed by atoms with Gasteiger partial charge in [0.2, 0.25) is 0 Å². The van der Waals surface area contributed by atoms with Crippen molar-refractivity contribution in [3.63, 3.8) is 0 Å². The summed E-state index contributed by atoms with van der Waals surface area (Å²) in [5.41, 5.74) is 0.447. The second-order valence-corrected chi connectivity index (χ2v) is 10.1. The van der Waals surface area contributed by atoms with Crippen LogP contribution in [0.1, 0.15) is 18.4 Å². The fourth-order valence-corrected chi connectivity index (χ4v) is 5.49. The molecule has 0 radical (unpaired) electrons. The number of aldehydes is 1. The minimum absolute atomic E-state index is 0.0380. The van der Waals surface area contributed by atoms with Crippen LogP contribution in [0.3, 0.4) is 0 Å². The molecule has 8 nitrogen and oxygen atoms in total. The van der Waals surface area contributed by atoms with Crippen molar-refractivity contribution in [2.75, 3.05) is 19.0 Å². The summed E-state index contributed by atoms with van der Waals surface area (Å²) in [7, 11) is 1.61. The number of aromatic nitrogens is 1. The van der Waals surface area contributed by atoms with E-state index in [1.165, 1.54) is 28.8 Å². The van der Waals surface area contributed by atoms with Crippen LogP contribution in [0.5, 0.6) is 0 Å². The molecule has 2 aromatic carbocycles. The van der Waals surface area contributed by atoms with E-state index < -0.39 is 22.8 Å². The zero-order chi connectivity index (χ0) is 25.7. The number of carbonyl (C=O) groups is 3. The maximum Gasteiger partial charge on any atom is 0.412 e. The van der Waals surface area contributed by atoms with Gasteiger partial charge in [-0.05, 0) is 29.5 Å². The third kappa shape index (κ3) is 5.71. The topological polar surface area (TPSA) is 101 Å². The van der Waals surface area contributed by atoms with Gasteiger partial charge in [0.05, 0.1) is 10.3 Å². The number of thioether (sulfide) groups is 1. The predicted molar refractivity (Wildman–Crippen MR) is 138 cm³/mol. The van der Waals surface area contributed by atoms with Gasteiger partial charge in [0.1, 0.15) is 29.4 Å². The van der Waals surface area contributed by atoms with Crippen molar-refractivity contribution >= 4 is 58.4 Å². The number of urea groups is 1. The van der Waals surface area contributed by atoms with Crippen molar-refractivity contribution in [1.82, 2.24) is 15.2 Å². The Labute approximate surface area is 216 Å². The molecule has 1 aliphatic heterocycles. The van der Waals surface area contributed by atoms with Gasteiger partial charge >= 0.3 is 12.1 Å². The normalized spacial score (nSPS) is 18.4. The summed E-state index contributed by atoms with van der Waals surface area (Å²) < 4.78 is 19.1. The quantitative estimate of drug-likeness (QED) is 0.291. The molecule has 1 aromatic heterocycles. The number of hydrogen-bond donors (Lipinski definition) is 2. The molecule has 188 valence electrons. The molecule has 1 unspecified atom stereocenters. The lowest BCUT2D eigenvalue weighted by Gasteiger charge is -2.28. The molecule has 2 atom stereocenters. The van der Waals surface area contributed by atoms with Gasteiger partial charge in [0, 0.05) is 31.6 Å². The van der Waals surface area contributed by atoms with E-state index in [1.54, 1.807) is 25.4 Å². The Kier molecular flexibility index (Phi) is 7.95. The standard InChI is InChI=1S/C25H24ClFN4O4S/c1-31(23(33)29-14-18-8-4-9-19(27)22(18)26)25(10-5-11-32)20(36-25)15-35-24(34)30-21-12-16-6-2-3-7-17(16)13-28-21/h2-4,6-9,11-13,20H,5,10,14-15H2,1H3,(H,29,33)(H,28,30,34)/t20?,25-/m0/s1. The van der Waals surface area contributed by atoms with Gasteiger partial charge in [0.15, 0.2) is 0 Å². The molecule has 1 saturated heterocycles. The maximum atomic E-state index is 13.7. The number of nitrogens with one attached hydrogen (secondary N) is 2. The van der Waals surface area contributed by atoms with Crippen molar-refractivity contribution < 1.29 is 23.5 Å². The number of benzene rings is 2. The number of rotatable bonds is 9. The molecule has 4 rings (SSSR count). The van der Waals surface area contributed by atoms with Crippen molar-refractivity contribution in [3.05, 3.63) is 71.1 Å². The van der Waals surface area contributed by atoms with Crippen LogP contribution < -0.4 is 10.6 Å². The number of pyridine rings is 1. The highest BCUT2D eigenvalue weighted by molar-refractivity contribution is 8.08. The van der Waals surface area contributed by atoms with E-state index in [0.717, 1.165) is 17.1 Å². The van der Waals surface area contributed by atoms with Crippen molar-refractivity contribution in [2.24, 2.45) is 0 Å². The smallest absolute Gasteiger partial charge is 0.412 e. The van der Waals surface area contributed by atoms with Crippen LogP contribution in [0.2, 0.25) is 5.02 Å². The lowest BCUT2D eigenvalue weighted by Crippen LogP contribution is -2.47. The molecule has 3 amide bonds. The first-order chi connectivity index (χ1) is 17.3. The van der Waals surface area contributed by atoms with Gasteiger partial charge in [-0.3, -0.25) is 5.32 Å². The fraction of sp³-hybridized carbons (Fsp3) is 0.280. The molecule has 0 spiro atoms. The highest BCUT2D eigenvalue weighted by atomic mass is 35.5. The average molecular weight is 531 g/mol. The molecule has 0 saturated carbocycles. The monoisotopic (exact) mass is 530 g/mol. The maximum absolute atomic E-state index is 13.7. The predicted octanol–water partition coefficient (Wildman–Crippen LogP) is 5.21. The lowest BCUT2D eigenvalue weighted by atomic mass is 10.1. The third-order valence-corrected chi connectivity index (χ3v) is 8.12. The van der Waals surface area contributed by atoms with E-state index in [2.05, 4.69) is 15.6 Å². The number of carbonyl (C=O) groups excluding carboxylic acids is 3. The van der Waals surface area contributed by atoms with E-state index in [1.807, 2.05) is 24.3 Å². The third-order valence-electron chi connectivity index (χ3n) is 5.97. The summed E-state index contributed by atoms with van der Waals surface area (Å²) >= 11 is 7.40. The van der Waals surface area contributed by atoms with Gasteiger partial charge < -0.3 is 19.7 Å². The van der Waals surface area contributed by atoms with Gasteiger partial charge in [-0.25, -0.2) is 19.0 Å². The number of amides is 3. The Morgan fingerprint density at radius 3 is 2.81 bits per heavy atom. The molecule has 2 heterocycles. The average Bonchev–Trinajstić information content (AvgIpc) is 3.60. The highest BCUT2D eigenvalue weighted by Gasteiger charge is 2.60. The molecule has 2 N–H and O–H groups in total. The molecule has 0 bridgehead atoms. The number of hydrogen-bond acceptors (Lipinski definition) is 6. The van der Waals surface area contributed by atoms with Crippen LogP contribution in [0.15, 0.2) is 54.7 Å². The SMILES string of the molecule is CN(C(=O)NCc1cccc(F)c1Cl)[C@@]1(CCC=O)SC1COC(=O)Nc1cc2ccccc2cn1. The van der Waals surface area contributed by atoms with Crippen LogP contribution in [0.4, 0.5) is 19.8 Å². The first-order valence-electron chi connectivity index (χ1n) is 11.2. The minimum Gasteiger partial charge on any atom is -0.448 e. The minimum atomic E-state index is -0.710. The number of anilines is 1. The van der Waals surface area contributed by atoms with Gasteiger partial charge in [-0.15, -0.1) is 11.8 Å². The van der Waals surface area contributed by atoms with Crippen LogP contribution in [0, 0.1) is 5.82 Å². The van der Waals surface area contributed by atoms with Gasteiger partial charge in [0.25, 0.3) is 0 Å². The summed E-state index contributed by atoms with van der Waals surface area (Å²) in [6.07, 6.45) is 2.42. The van der Waals surface area contributed by atoms with Gasteiger partial charge in [-0.2, -0.15) is 0 Å². The summed E-state index contributed by atoms with van der Waals surface area (Å²) in [4.78, 5) is 41.2. The summed E-state index contributed by atoms with van der Waals surface area (Å²) in [6.45, 7) is 0.0762. The number of ether oxygens (including phenoxy) is 1. The first kappa shape index (κ1) is 25.7. The summed E-state index contributed by atoms with van der Waals surface area (Å²) in [5, 5.41) is 6.96. The largest absolute Gasteiger partial charge is 0.448 e. The molecule has 3 aromatic rings. The zero-order valence-electron chi connectivity index (χ0n) is 19.4. The molecule has 11 heteroatoms. The van der Waals surface area contributed by atoms with E-state index >= 15 is 0 Å². The molecular weight excluding hydrogens is 507 g/mol. The van der Waals surface area contributed by atoms with Crippen molar-refractivity contribution in [1.29, 1.82) is 0 Å². The van der Waals surface area contributed by atoms with E-state index in [0.29, 0.717) is 17.8 Å². The van der Waals surface area contributed by atoms with Crippen molar-refractivity contribution in [3.8, 4) is 0 Å². The van der Waals surface area contributed by atoms with Gasteiger partial charge in [-0.1, -0.05) is 48.0 Å². The highest BCUT2D eigenvalue weighted by Crippen LogP contribution is 2.58. The lowest BCUT2D eigenvalue weighted by molar-refractivity contribution is -0.108. The Hall–Kier alpha value is -3.37. The molecular formula is C25H24ClFN4O4S. The Morgan fingerprint density at radius 2 is 2.03 bits per heavy atom. The second-order valence-electron chi connectivity index (χ2n) is 8.23. The number of nitrogens with zero attached hydrogens (tertiary/aromatic N) is 2. The summed E-state index contributed by atoms with van der Waals surface area (Å²) in [5.74, 6) is -0.201. The fourth-order valence-electron chi connectivity index (χ4n) is 3.92. The Morgan fingerprint density at radius 1 is 1.25 bits per heavy atom. The van der Waals surface area contributed by atoms with E-state index in [4.69, 9.17) is 16.3 Å². The van der Waals surface area contributed by atoms with Crippen LogP contribution in [0.25, 0.3) is 10.8 Å². The van der Waals surface area contributed by atoms with Crippen molar-refractivity contribution in [2.45, 2.75) is 29.5 Å². The Bertz CT molecular complexity index is 1300. The van der Waals surface area contributed by atoms with Crippen LogP contribution >= 0.6 is 23.4 Å². The van der Waals surface area contributed by atoms with E-state index in [9.17, 15) is 18.8 Å². The van der Waals surface area contributed by atoms with E-state index in [-0.39, 0.29) is 29.8 Å². The first-order valence-corrected chi connectivity index (χ1v) is 12.4. The Balaban J connectivity index is 1.33. The van der Waals surface area contributed by atoms with Crippen LogP contribution in [-0.4, -0.2) is 52.1 Å². The molecule has 36 heavy (non-hydrogen) atoms. The number of halogens is 2.